The highest BCUT2D eigenvalue weighted by Crippen LogP contribution is 2.10. The quantitative estimate of drug-likeness (QED) is 0.800. The Kier molecular flexibility index (Phi) is 5.30. The van der Waals surface area contributed by atoms with Crippen LogP contribution in [0, 0.1) is 0 Å². The molecule has 0 saturated carbocycles. The van der Waals surface area contributed by atoms with Gasteiger partial charge in [-0.1, -0.05) is 18.2 Å². The highest BCUT2D eigenvalue weighted by molar-refractivity contribution is 6.29. The Bertz CT molecular complexity index is 296. The minimum atomic E-state index is -1.19. The molecule has 92 valence electrons. The molecule has 1 amide bonds. The molecule has 0 aliphatic heterocycles. The normalized spacial score (nSPS) is 12.8. The summed E-state index contributed by atoms with van der Waals surface area (Å²) < 4.78 is 4.91. The first kappa shape index (κ1) is 14.8. The molecule has 1 atom stereocenters. The van der Waals surface area contributed by atoms with Crippen molar-refractivity contribution in [2.75, 3.05) is 0 Å². The number of hydrogen-bond donors (Lipinski definition) is 2. The molecule has 0 aliphatic carbocycles. The molecule has 0 bridgehead atoms. The maximum Gasteiger partial charge on any atom is 0.408 e. The van der Waals surface area contributed by atoms with E-state index in [1.54, 1.807) is 20.8 Å². The number of carbonyl (C=O) groups excluding carboxylic acids is 1. The summed E-state index contributed by atoms with van der Waals surface area (Å²) in [6.07, 6.45) is -0.839. The molecule has 0 saturated heterocycles. The predicted octanol–water partition coefficient (Wildman–Crippen LogP) is 2.11. The maximum atomic E-state index is 11.3. The number of ether oxygens (including phenoxy) is 1. The number of nitrogens with one attached hydrogen (secondary N) is 1. The van der Waals surface area contributed by atoms with Crippen molar-refractivity contribution in [2.45, 2.75) is 38.8 Å². The van der Waals surface area contributed by atoms with E-state index in [1.807, 2.05) is 0 Å². The van der Waals surface area contributed by atoms with Crippen LogP contribution in [0.1, 0.15) is 27.2 Å². The topological polar surface area (TPSA) is 75.6 Å². The molecular formula is C10H16ClNO4. The third kappa shape index (κ3) is 7.11. The van der Waals surface area contributed by atoms with Gasteiger partial charge in [-0.25, -0.2) is 9.59 Å². The first-order chi connectivity index (χ1) is 7.11. The van der Waals surface area contributed by atoms with Crippen LogP contribution >= 0.6 is 11.6 Å². The summed E-state index contributed by atoms with van der Waals surface area (Å²) in [5, 5.41) is 11.2. The van der Waals surface area contributed by atoms with Crippen LogP contribution in [0.15, 0.2) is 11.6 Å². The van der Waals surface area contributed by atoms with Crippen LogP contribution in [-0.2, 0) is 9.53 Å². The van der Waals surface area contributed by atoms with Crippen LogP contribution in [0.3, 0.4) is 0 Å². The fraction of sp³-hybridized carbons (Fsp3) is 0.600. The Morgan fingerprint density at radius 3 is 2.31 bits per heavy atom. The number of carboxylic acids is 1. The van der Waals surface area contributed by atoms with E-state index >= 15 is 0 Å². The largest absolute Gasteiger partial charge is 0.480 e. The molecule has 0 aliphatic rings. The average Bonchev–Trinajstić information content (AvgIpc) is 1.97. The van der Waals surface area contributed by atoms with Crippen molar-refractivity contribution < 1.29 is 19.4 Å². The summed E-state index contributed by atoms with van der Waals surface area (Å²) >= 11 is 5.48. The molecule has 6 heteroatoms. The van der Waals surface area contributed by atoms with Crippen molar-refractivity contribution in [3.63, 3.8) is 0 Å². The van der Waals surface area contributed by atoms with Crippen molar-refractivity contribution in [3.05, 3.63) is 11.6 Å². The van der Waals surface area contributed by atoms with E-state index in [0.29, 0.717) is 0 Å². The van der Waals surface area contributed by atoms with Crippen molar-refractivity contribution in [1.82, 2.24) is 5.32 Å². The summed E-state index contributed by atoms with van der Waals surface area (Å²) in [6, 6.07) is -1.13. The third-order valence-corrected chi connectivity index (χ3v) is 1.57. The van der Waals surface area contributed by atoms with Gasteiger partial charge >= 0.3 is 12.1 Å². The van der Waals surface area contributed by atoms with Gasteiger partial charge in [-0.2, -0.15) is 0 Å². The van der Waals surface area contributed by atoms with Gasteiger partial charge in [0.25, 0.3) is 0 Å². The zero-order valence-electron chi connectivity index (χ0n) is 9.54. The number of rotatable bonds is 4. The summed E-state index contributed by atoms with van der Waals surface area (Å²) in [4.78, 5) is 22.1. The zero-order valence-corrected chi connectivity index (χ0v) is 10.3. The van der Waals surface area contributed by atoms with Crippen molar-refractivity contribution in [3.8, 4) is 0 Å². The van der Waals surface area contributed by atoms with Gasteiger partial charge in [-0.05, 0) is 20.8 Å². The van der Waals surface area contributed by atoms with Gasteiger partial charge in [-0.15, -0.1) is 0 Å². The summed E-state index contributed by atoms with van der Waals surface area (Å²) in [5.74, 6) is -1.19. The number of hydrogen-bond acceptors (Lipinski definition) is 3. The lowest BCUT2D eigenvalue weighted by Gasteiger charge is -2.21. The third-order valence-electron chi connectivity index (χ3n) is 1.41. The van der Waals surface area contributed by atoms with Crippen molar-refractivity contribution in [1.29, 1.82) is 0 Å². The van der Waals surface area contributed by atoms with E-state index in [-0.39, 0.29) is 11.5 Å². The summed E-state index contributed by atoms with van der Waals surface area (Å²) in [7, 11) is 0. The Morgan fingerprint density at radius 1 is 1.50 bits per heavy atom. The SMILES string of the molecule is C=C(Cl)C[C@@H](NC(=O)OC(C)(C)C)C(=O)O. The second kappa shape index (κ2) is 5.75. The van der Waals surface area contributed by atoms with E-state index in [0.717, 1.165) is 0 Å². The lowest BCUT2D eigenvalue weighted by Crippen LogP contribution is -2.43. The first-order valence-electron chi connectivity index (χ1n) is 4.67. The number of amides is 1. The van der Waals surface area contributed by atoms with Crippen molar-refractivity contribution in [2.24, 2.45) is 0 Å². The summed E-state index contributed by atoms with van der Waals surface area (Å²) in [5.41, 5.74) is -0.675. The van der Waals surface area contributed by atoms with Crippen LogP contribution < -0.4 is 5.32 Å². The number of alkyl carbamates (subject to hydrolysis) is 1. The molecule has 0 heterocycles. The molecule has 5 nitrogen and oxygen atoms in total. The summed E-state index contributed by atoms with van der Waals surface area (Å²) in [6.45, 7) is 8.42. The number of carboxylic acid groups (broad SMARTS) is 1. The molecule has 0 aromatic carbocycles. The molecule has 2 N–H and O–H groups in total. The van der Waals surface area contributed by atoms with Gasteiger partial charge < -0.3 is 15.2 Å². The van der Waals surface area contributed by atoms with Gasteiger partial charge in [-0.3, -0.25) is 0 Å². The van der Waals surface area contributed by atoms with Crippen LogP contribution in [0.25, 0.3) is 0 Å². The van der Waals surface area contributed by atoms with Gasteiger partial charge in [0.05, 0.1) is 0 Å². The number of carbonyl (C=O) groups is 2. The van der Waals surface area contributed by atoms with Gasteiger partial charge in [0.1, 0.15) is 11.6 Å². The Labute approximate surface area is 99.4 Å². The van der Waals surface area contributed by atoms with E-state index in [1.165, 1.54) is 0 Å². The first-order valence-corrected chi connectivity index (χ1v) is 5.05. The molecule has 0 unspecified atom stereocenters. The fourth-order valence-corrected chi connectivity index (χ4v) is 1.03. The smallest absolute Gasteiger partial charge is 0.408 e. The van der Waals surface area contributed by atoms with Crippen LogP contribution in [-0.4, -0.2) is 28.8 Å². The van der Waals surface area contributed by atoms with E-state index in [4.69, 9.17) is 21.4 Å². The monoisotopic (exact) mass is 249 g/mol. The predicted molar refractivity (Wildman–Crippen MR) is 60.4 cm³/mol. The number of halogens is 1. The second-order valence-electron chi connectivity index (χ2n) is 4.26. The number of aliphatic carboxylic acids is 1. The Balaban J connectivity index is 4.35. The Morgan fingerprint density at radius 2 is 2.00 bits per heavy atom. The minimum Gasteiger partial charge on any atom is -0.480 e. The van der Waals surface area contributed by atoms with E-state index < -0.39 is 23.7 Å². The van der Waals surface area contributed by atoms with Crippen LogP contribution in [0.5, 0.6) is 0 Å². The van der Waals surface area contributed by atoms with E-state index in [9.17, 15) is 9.59 Å². The highest BCUT2D eigenvalue weighted by Gasteiger charge is 2.24. The molecule has 0 aromatic heterocycles. The standard InChI is InChI=1S/C10H16ClNO4/c1-6(11)5-7(8(13)14)12-9(15)16-10(2,3)4/h7H,1,5H2,2-4H3,(H,12,15)(H,13,14)/t7-/m1/s1. The lowest BCUT2D eigenvalue weighted by molar-refractivity contribution is -0.139. The second-order valence-corrected chi connectivity index (χ2v) is 4.79. The van der Waals surface area contributed by atoms with Gasteiger partial charge in [0.2, 0.25) is 0 Å². The molecule has 0 aromatic rings. The van der Waals surface area contributed by atoms with Crippen molar-refractivity contribution >= 4 is 23.7 Å². The van der Waals surface area contributed by atoms with Crippen LogP contribution in [0.2, 0.25) is 0 Å². The van der Waals surface area contributed by atoms with Gasteiger partial charge in [0, 0.05) is 11.5 Å². The van der Waals surface area contributed by atoms with E-state index in [2.05, 4.69) is 11.9 Å². The van der Waals surface area contributed by atoms with Crippen LogP contribution in [0.4, 0.5) is 4.79 Å². The highest BCUT2D eigenvalue weighted by atomic mass is 35.5. The average molecular weight is 250 g/mol. The van der Waals surface area contributed by atoms with Gasteiger partial charge in [0.15, 0.2) is 0 Å². The molecule has 0 spiro atoms. The Hall–Kier alpha value is -1.23. The lowest BCUT2D eigenvalue weighted by atomic mass is 10.2. The molecule has 0 rings (SSSR count). The molecule has 0 fully saturated rings. The zero-order chi connectivity index (χ0) is 12.9. The maximum absolute atomic E-state index is 11.3. The minimum absolute atomic E-state index is 0.0455. The molecular weight excluding hydrogens is 234 g/mol. The fourth-order valence-electron chi connectivity index (χ4n) is 0.871. The molecule has 0 radical (unpaired) electrons. The molecule has 16 heavy (non-hydrogen) atoms.